The van der Waals surface area contributed by atoms with Crippen molar-refractivity contribution >= 4 is 36.2 Å². The lowest BCUT2D eigenvalue weighted by Crippen LogP contribution is -2.46. The second-order valence-electron chi connectivity index (χ2n) is 4.76. The van der Waals surface area contributed by atoms with E-state index in [1.807, 2.05) is 11.3 Å². The third kappa shape index (κ3) is 5.98. The van der Waals surface area contributed by atoms with E-state index in [9.17, 15) is 0 Å². The van der Waals surface area contributed by atoms with Gasteiger partial charge in [-0.1, -0.05) is 6.07 Å². The molecule has 1 aliphatic heterocycles. The summed E-state index contributed by atoms with van der Waals surface area (Å²) in [6.45, 7) is 9.31. The standard InChI is InChI=1S/C13H23N3S.2ClH/c1-12(13-4-3-11-17-13)15(2)9-10-16-7-5-14-6-8-16;;/h3-4,11-12,14H,5-10H2,1-2H3;2*1H. The number of likely N-dealkylation sites (N-methyl/N-ethyl adjacent to an activating group) is 1. The Morgan fingerprint density at radius 2 is 2.05 bits per heavy atom. The molecule has 3 nitrogen and oxygen atoms in total. The number of hydrogen-bond donors (Lipinski definition) is 1. The monoisotopic (exact) mass is 325 g/mol. The Bertz CT molecular complexity index is 316. The fourth-order valence-corrected chi connectivity index (χ4v) is 3.02. The highest BCUT2D eigenvalue weighted by Crippen LogP contribution is 2.22. The number of nitrogens with one attached hydrogen (secondary N) is 1. The van der Waals surface area contributed by atoms with Crippen molar-refractivity contribution in [3.05, 3.63) is 22.4 Å². The molecule has 1 fully saturated rings. The summed E-state index contributed by atoms with van der Waals surface area (Å²) in [5, 5.41) is 5.56. The number of nitrogens with zero attached hydrogens (tertiary/aromatic N) is 2. The number of halogens is 2. The van der Waals surface area contributed by atoms with E-state index < -0.39 is 0 Å². The van der Waals surface area contributed by atoms with Gasteiger partial charge in [0.1, 0.15) is 0 Å². The van der Waals surface area contributed by atoms with Crippen LogP contribution in [0.15, 0.2) is 17.5 Å². The van der Waals surface area contributed by atoms with Crippen molar-refractivity contribution in [1.82, 2.24) is 15.1 Å². The predicted octanol–water partition coefficient (Wildman–Crippen LogP) is 2.49. The van der Waals surface area contributed by atoms with Crippen molar-refractivity contribution in [1.29, 1.82) is 0 Å². The van der Waals surface area contributed by atoms with Crippen molar-refractivity contribution in [3.63, 3.8) is 0 Å². The van der Waals surface area contributed by atoms with Gasteiger partial charge in [-0.3, -0.25) is 9.80 Å². The summed E-state index contributed by atoms with van der Waals surface area (Å²) in [7, 11) is 2.23. The van der Waals surface area contributed by atoms with Crippen molar-refractivity contribution < 1.29 is 0 Å². The molecule has 0 radical (unpaired) electrons. The Morgan fingerprint density at radius 1 is 1.37 bits per heavy atom. The van der Waals surface area contributed by atoms with E-state index in [1.165, 1.54) is 24.5 Å². The van der Waals surface area contributed by atoms with Crippen LogP contribution in [-0.2, 0) is 0 Å². The molecule has 19 heavy (non-hydrogen) atoms. The highest BCUT2D eigenvalue weighted by Gasteiger charge is 2.14. The minimum absolute atomic E-state index is 0. The van der Waals surface area contributed by atoms with E-state index in [4.69, 9.17) is 0 Å². The molecule has 112 valence electrons. The summed E-state index contributed by atoms with van der Waals surface area (Å²) in [6.07, 6.45) is 0. The Hall–Kier alpha value is 0.160. The van der Waals surface area contributed by atoms with E-state index in [2.05, 4.69) is 46.6 Å². The minimum Gasteiger partial charge on any atom is -0.314 e. The van der Waals surface area contributed by atoms with Gasteiger partial charge in [0.05, 0.1) is 0 Å². The van der Waals surface area contributed by atoms with Crippen molar-refractivity contribution in [2.24, 2.45) is 0 Å². The van der Waals surface area contributed by atoms with Gasteiger partial charge in [-0.05, 0) is 25.4 Å². The molecule has 0 aliphatic carbocycles. The normalized spacial score (nSPS) is 17.6. The van der Waals surface area contributed by atoms with Gasteiger partial charge in [-0.15, -0.1) is 36.2 Å². The highest BCUT2D eigenvalue weighted by molar-refractivity contribution is 7.10. The molecular formula is C13H25Cl2N3S. The predicted molar refractivity (Wildman–Crippen MR) is 89.2 cm³/mol. The third-order valence-corrected chi connectivity index (χ3v) is 4.64. The highest BCUT2D eigenvalue weighted by atomic mass is 35.5. The maximum atomic E-state index is 3.39. The lowest BCUT2D eigenvalue weighted by Gasteiger charge is -2.31. The number of rotatable bonds is 5. The third-order valence-electron chi connectivity index (χ3n) is 3.59. The Balaban J connectivity index is 0.00000162. The maximum Gasteiger partial charge on any atom is 0.0410 e. The second-order valence-corrected chi connectivity index (χ2v) is 5.74. The fraction of sp³-hybridized carbons (Fsp3) is 0.692. The largest absolute Gasteiger partial charge is 0.314 e. The first-order valence-electron chi connectivity index (χ1n) is 6.44. The van der Waals surface area contributed by atoms with Gasteiger partial charge in [0.25, 0.3) is 0 Å². The van der Waals surface area contributed by atoms with Crippen LogP contribution in [0.2, 0.25) is 0 Å². The van der Waals surface area contributed by atoms with Gasteiger partial charge in [0.2, 0.25) is 0 Å². The van der Waals surface area contributed by atoms with Gasteiger partial charge in [-0.2, -0.15) is 0 Å². The quantitative estimate of drug-likeness (QED) is 0.897. The SMILES string of the molecule is CC(c1cccs1)N(C)CCN1CCNCC1.Cl.Cl. The van der Waals surface area contributed by atoms with E-state index >= 15 is 0 Å². The van der Waals surface area contributed by atoms with Gasteiger partial charge < -0.3 is 5.32 Å². The molecule has 1 N–H and O–H groups in total. The zero-order valence-electron chi connectivity index (χ0n) is 11.7. The average Bonchev–Trinajstić information content (AvgIpc) is 2.90. The van der Waals surface area contributed by atoms with E-state index in [1.54, 1.807) is 0 Å². The van der Waals surface area contributed by atoms with Crippen molar-refractivity contribution in [2.75, 3.05) is 46.3 Å². The Kier molecular flexibility index (Phi) is 10.1. The van der Waals surface area contributed by atoms with Gasteiger partial charge >= 0.3 is 0 Å². The van der Waals surface area contributed by atoms with E-state index in [0.717, 1.165) is 19.6 Å². The zero-order valence-corrected chi connectivity index (χ0v) is 14.1. The molecule has 1 aromatic heterocycles. The summed E-state index contributed by atoms with van der Waals surface area (Å²) >= 11 is 1.86. The summed E-state index contributed by atoms with van der Waals surface area (Å²) in [4.78, 5) is 6.47. The number of thiophene rings is 1. The van der Waals surface area contributed by atoms with Crippen molar-refractivity contribution in [3.8, 4) is 0 Å². The van der Waals surface area contributed by atoms with Gasteiger partial charge in [0.15, 0.2) is 0 Å². The summed E-state index contributed by atoms with van der Waals surface area (Å²) in [5.41, 5.74) is 0. The van der Waals surface area contributed by atoms with Crippen LogP contribution in [0.1, 0.15) is 17.8 Å². The Morgan fingerprint density at radius 3 is 2.63 bits per heavy atom. The first-order valence-corrected chi connectivity index (χ1v) is 7.32. The number of hydrogen-bond acceptors (Lipinski definition) is 4. The first kappa shape index (κ1) is 19.2. The molecule has 2 rings (SSSR count). The topological polar surface area (TPSA) is 18.5 Å². The lowest BCUT2D eigenvalue weighted by molar-refractivity contribution is 0.184. The van der Waals surface area contributed by atoms with Crippen LogP contribution in [0.25, 0.3) is 0 Å². The molecule has 2 heterocycles. The molecule has 1 aromatic rings. The van der Waals surface area contributed by atoms with Crippen LogP contribution < -0.4 is 5.32 Å². The molecule has 1 atom stereocenters. The molecule has 0 spiro atoms. The molecule has 1 saturated heterocycles. The molecular weight excluding hydrogens is 301 g/mol. The first-order chi connectivity index (χ1) is 8.27. The summed E-state index contributed by atoms with van der Waals surface area (Å²) in [6, 6.07) is 4.91. The van der Waals surface area contributed by atoms with Crippen LogP contribution in [0.3, 0.4) is 0 Å². The molecule has 6 heteroatoms. The maximum absolute atomic E-state index is 3.39. The van der Waals surface area contributed by atoms with Crippen LogP contribution in [-0.4, -0.2) is 56.1 Å². The molecule has 1 aliphatic rings. The minimum atomic E-state index is 0. The zero-order chi connectivity index (χ0) is 12.1. The molecule has 1 unspecified atom stereocenters. The molecule has 0 saturated carbocycles. The van der Waals surface area contributed by atoms with Crippen molar-refractivity contribution in [2.45, 2.75) is 13.0 Å². The smallest absolute Gasteiger partial charge is 0.0410 e. The lowest BCUT2D eigenvalue weighted by atomic mass is 10.2. The Labute approximate surface area is 133 Å². The summed E-state index contributed by atoms with van der Waals surface area (Å²) < 4.78 is 0. The van der Waals surface area contributed by atoms with Crippen LogP contribution in [0, 0.1) is 0 Å². The van der Waals surface area contributed by atoms with E-state index in [-0.39, 0.29) is 24.8 Å². The van der Waals surface area contributed by atoms with Gasteiger partial charge in [-0.25, -0.2) is 0 Å². The van der Waals surface area contributed by atoms with Crippen LogP contribution in [0.5, 0.6) is 0 Å². The average molecular weight is 326 g/mol. The molecule has 0 amide bonds. The summed E-state index contributed by atoms with van der Waals surface area (Å²) in [5.74, 6) is 0. The van der Waals surface area contributed by atoms with Gasteiger partial charge in [0, 0.05) is 50.2 Å². The van der Waals surface area contributed by atoms with Crippen LogP contribution >= 0.6 is 36.2 Å². The fourth-order valence-electron chi connectivity index (χ4n) is 2.17. The second kappa shape index (κ2) is 9.97. The van der Waals surface area contributed by atoms with E-state index in [0.29, 0.717) is 6.04 Å². The van der Waals surface area contributed by atoms with Crippen LogP contribution in [0.4, 0.5) is 0 Å². The molecule has 0 bridgehead atoms. The molecule has 0 aromatic carbocycles. The number of piperazine rings is 1.